The Bertz CT molecular complexity index is 1700. The summed E-state index contributed by atoms with van der Waals surface area (Å²) in [6.45, 7) is 8.54. The van der Waals surface area contributed by atoms with Crippen LogP contribution in [0.4, 0.5) is 4.79 Å². The van der Waals surface area contributed by atoms with E-state index in [0.717, 1.165) is 17.7 Å². The maximum absolute atomic E-state index is 14.3. The summed E-state index contributed by atoms with van der Waals surface area (Å²) in [7, 11) is -8.27. The summed E-state index contributed by atoms with van der Waals surface area (Å²) in [6.07, 6.45) is 3.13. The topological polar surface area (TPSA) is 194 Å². The lowest BCUT2D eigenvalue weighted by atomic mass is 9.85. The number of alkyl carbamates (subject to hydrolysis) is 1. The molecule has 3 saturated carbocycles. The van der Waals surface area contributed by atoms with Crippen molar-refractivity contribution < 1.29 is 44.9 Å². The first-order valence-corrected chi connectivity index (χ1v) is 20.1. The second kappa shape index (κ2) is 13.9. The van der Waals surface area contributed by atoms with E-state index in [1.807, 2.05) is 0 Å². The standard InChI is InChI=1S/C32H43BrN4O10S2/c1-5-19-17-32(19,29(40)36-48(42,43)23-14-15-23)35-27(38)25-16-22(47-49(44,45)24-12-10-20(33)11-13-24)18-37(25)28(39)26(31(2,3)4)34-30(41)46-21-8-6-7-9-21/h5,10-13,19,21-23,25-26H,1,6-9,14-18H2,2-4H3,(H,34,41)(H,35,38)(H,36,40)/t19?,22-,25+,26-,32-/m1/s1. The third kappa shape index (κ3) is 8.48. The van der Waals surface area contributed by atoms with Crippen molar-refractivity contribution in [2.75, 3.05) is 6.54 Å². The fourth-order valence-electron chi connectivity index (χ4n) is 6.34. The highest BCUT2D eigenvalue weighted by molar-refractivity contribution is 9.10. The molecule has 1 saturated heterocycles. The Morgan fingerprint density at radius 3 is 2.20 bits per heavy atom. The minimum Gasteiger partial charge on any atom is -0.446 e. The molecule has 3 N–H and O–H groups in total. The van der Waals surface area contributed by atoms with Crippen molar-refractivity contribution in [2.24, 2.45) is 11.3 Å². The molecular weight excluding hydrogens is 744 g/mol. The van der Waals surface area contributed by atoms with Crippen molar-refractivity contribution in [1.29, 1.82) is 0 Å². The number of nitrogens with one attached hydrogen (secondary N) is 3. The van der Waals surface area contributed by atoms with E-state index in [2.05, 4.69) is 37.9 Å². The summed E-state index contributed by atoms with van der Waals surface area (Å²) in [6, 6.07) is 3.21. The number of hydrogen-bond donors (Lipinski definition) is 3. The smallest absolute Gasteiger partial charge is 0.408 e. The number of ether oxygens (including phenoxy) is 1. The molecule has 1 unspecified atom stereocenters. The number of sulfonamides is 1. The minimum absolute atomic E-state index is 0.0754. The third-order valence-electron chi connectivity index (χ3n) is 9.41. The fraction of sp³-hybridized carbons (Fsp3) is 0.625. The number of halogens is 1. The second-order valence-corrected chi connectivity index (χ2v) is 18.8. The van der Waals surface area contributed by atoms with Gasteiger partial charge in [0.2, 0.25) is 21.8 Å². The van der Waals surface area contributed by atoms with Crippen LogP contribution in [-0.2, 0) is 43.4 Å². The number of benzene rings is 1. The van der Waals surface area contributed by atoms with Gasteiger partial charge in [0, 0.05) is 23.4 Å². The molecule has 0 aromatic heterocycles. The molecule has 0 bridgehead atoms. The highest BCUT2D eigenvalue weighted by Gasteiger charge is 2.62. The number of carbonyl (C=O) groups is 4. The van der Waals surface area contributed by atoms with Crippen molar-refractivity contribution >= 4 is 59.9 Å². The summed E-state index contributed by atoms with van der Waals surface area (Å²) in [5, 5.41) is 4.64. The highest BCUT2D eigenvalue weighted by Crippen LogP contribution is 2.45. The summed E-state index contributed by atoms with van der Waals surface area (Å²) in [5.41, 5.74) is -2.51. The maximum Gasteiger partial charge on any atom is 0.408 e. The van der Waals surface area contributed by atoms with Gasteiger partial charge in [-0.3, -0.25) is 23.3 Å². The van der Waals surface area contributed by atoms with Crippen LogP contribution < -0.4 is 15.4 Å². The SMILES string of the molecule is C=CC1C[C@]1(NC(=O)[C@@H]1C[C@@H](OS(=O)(=O)c2ccc(Br)cc2)CN1C(=O)[C@@H](NC(=O)OC1CCCC1)C(C)(C)C)C(=O)NS(=O)(=O)C1CC1. The predicted molar refractivity (Wildman–Crippen MR) is 181 cm³/mol. The summed E-state index contributed by atoms with van der Waals surface area (Å²) >= 11 is 3.26. The molecule has 14 nitrogen and oxygen atoms in total. The molecule has 5 atom stereocenters. The largest absolute Gasteiger partial charge is 0.446 e. The molecule has 3 aliphatic carbocycles. The van der Waals surface area contributed by atoms with Crippen LogP contribution in [0.3, 0.4) is 0 Å². The van der Waals surface area contributed by atoms with Gasteiger partial charge in [-0.2, -0.15) is 8.42 Å². The molecule has 0 radical (unpaired) electrons. The van der Waals surface area contributed by atoms with E-state index < -0.39 is 84.3 Å². The molecule has 1 aromatic carbocycles. The van der Waals surface area contributed by atoms with E-state index in [9.17, 15) is 36.0 Å². The zero-order chi connectivity index (χ0) is 35.9. The summed E-state index contributed by atoms with van der Waals surface area (Å²) < 4.78 is 65.5. The average Bonchev–Trinajstić information content (AvgIpc) is 3.89. The van der Waals surface area contributed by atoms with Gasteiger partial charge in [0.25, 0.3) is 16.0 Å². The number of nitrogens with zero attached hydrogens (tertiary/aromatic N) is 1. The quantitative estimate of drug-likeness (QED) is 0.210. The van der Waals surface area contributed by atoms with E-state index >= 15 is 0 Å². The first-order valence-electron chi connectivity index (χ1n) is 16.3. The number of likely N-dealkylation sites (tertiary alicyclic amines) is 1. The lowest BCUT2D eigenvalue weighted by Gasteiger charge is -2.35. The van der Waals surface area contributed by atoms with Gasteiger partial charge in [-0.15, -0.1) is 6.58 Å². The van der Waals surface area contributed by atoms with Crippen LogP contribution in [0.25, 0.3) is 0 Å². The second-order valence-electron chi connectivity index (χ2n) is 14.3. The zero-order valence-corrected chi connectivity index (χ0v) is 30.9. The first-order chi connectivity index (χ1) is 22.9. The third-order valence-corrected chi connectivity index (χ3v) is 13.1. The molecule has 1 heterocycles. The number of amides is 4. The Morgan fingerprint density at radius 2 is 1.65 bits per heavy atom. The average molecular weight is 788 g/mol. The monoisotopic (exact) mass is 786 g/mol. The molecule has 270 valence electrons. The molecule has 4 fully saturated rings. The van der Waals surface area contributed by atoms with Crippen LogP contribution in [0.1, 0.15) is 72.1 Å². The maximum atomic E-state index is 14.3. The fourth-order valence-corrected chi connectivity index (χ4v) is 9.04. The van der Waals surface area contributed by atoms with E-state index in [1.54, 1.807) is 20.8 Å². The highest BCUT2D eigenvalue weighted by atomic mass is 79.9. The lowest BCUT2D eigenvalue weighted by molar-refractivity contribution is -0.143. The Balaban J connectivity index is 1.40. The van der Waals surface area contributed by atoms with Crippen molar-refractivity contribution in [2.45, 2.75) is 112 Å². The Hall–Kier alpha value is -3.02. The Kier molecular flexibility index (Phi) is 10.6. The minimum atomic E-state index is -4.34. The van der Waals surface area contributed by atoms with Crippen LogP contribution in [0.15, 0.2) is 46.3 Å². The molecule has 0 spiro atoms. The van der Waals surface area contributed by atoms with Crippen molar-refractivity contribution in [1.82, 2.24) is 20.3 Å². The molecule has 17 heteroatoms. The number of hydrogen-bond acceptors (Lipinski definition) is 10. The van der Waals surface area contributed by atoms with Gasteiger partial charge in [-0.05, 0) is 74.6 Å². The van der Waals surface area contributed by atoms with Gasteiger partial charge in [-0.1, -0.05) is 42.8 Å². The van der Waals surface area contributed by atoms with Gasteiger partial charge in [0.15, 0.2) is 0 Å². The Morgan fingerprint density at radius 1 is 1.02 bits per heavy atom. The van der Waals surface area contributed by atoms with Crippen LogP contribution in [-0.4, -0.2) is 87.2 Å². The molecule has 4 amide bonds. The molecule has 1 aromatic rings. The van der Waals surface area contributed by atoms with Crippen molar-refractivity contribution in [3.05, 3.63) is 41.4 Å². The number of rotatable bonds is 12. The van der Waals surface area contributed by atoms with Crippen LogP contribution >= 0.6 is 15.9 Å². The van der Waals surface area contributed by atoms with Gasteiger partial charge >= 0.3 is 6.09 Å². The van der Waals surface area contributed by atoms with Crippen LogP contribution in [0, 0.1) is 11.3 Å². The molecule has 4 aliphatic rings. The molecule has 49 heavy (non-hydrogen) atoms. The Labute approximate surface area is 295 Å². The number of carbonyl (C=O) groups excluding carboxylic acids is 4. The zero-order valence-electron chi connectivity index (χ0n) is 27.6. The van der Waals surface area contributed by atoms with Crippen LogP contribution in [0.5, 0.6) is 0 Å². The normalized spacial score (nSPS) is 26.4. The first kappa shape index (κ1) is 37.2. The van der Waals surface area contributed by atoms with E-state index in [4.69, 9.17) is 8.92 Å². The summed E-state index contributed by atoms with van der Waals surface area (Å²) in [5.74, 6) is -3.00. The van der Waals surface area contributed by atoms with Gasteiger partial charge < -0.3 is 20.3 Å². The van der Waals surface area contributed by atoms with Gasteiger partial charge in [0.1, 0.15) is 23.7 Å². The molecule has 1 aliphatic heterocycles. The van der Waals surface area contributed by atoms with Gasteiger partial charge in [-0.25, -0.2) is 13.2 Å². The van der Waals surface area contributed by atoms with E-state index in [1.165, 1.54) is 30.3 Å². The summed E-state index contributed by atoms with van der Waals surface area (Å²) in [4.78, 5) is 55.6. The van der Waals surface area contributed by atoms with Crippen LogP contribution in [0.2, 0.25) is 0 Å². The van der Waals surface area contributed by atoms with E-state index in [-0.39, 0.29) is 30.4 Å². The van der Waals surface area contributed by atoms with Crippen molar-refractivity contribution in [3.8, 4) is 0 Å². The predicted octanol–water partition coefficient (Wildman–Crippen LogP) is 2.88. The molecular formula is C32H43BrN4O10S2. The molecule has 5 rings (SSSR count). The van der Waals surface area contributed by atoms with Crippen molar-refractivity contribution in [3.63, 3.8) is 0 Å². The lowest BCUT2D eigenvalue weighted by Crippen LogP contribution is -2.60. The van der Waals surface area contributed by atoms with Gasteiger partial charge in [0.05, 0.1) is 16.2 Å². The van der Waals surface area contributed by atoms with E-state index in [0.29, 0.717) is 30.2 Å².